The Balaban J connectivity index is 2.09. The minimum Gasteiger partial charge on any atom is -0.294 e. The molecule has 0 aliphatic carbocycles. The minimum absolute atomic E-state index is 0.117. The van der Waals surface area contributed by atoms with Gasteiger partial charge in [-0.2, -0.15) is 11.3 Å². The molecule has 0 aromatic carbocycles. The van der Waals surface area contributed by atoms with Gasteiger partial charge in [0, 0.05) is 27.3 Å². The van der Waals surface area contributed by atoms with Gasteiger partial charge in [-0.15, -0.1) is 0 Å². The van der Waals surface area contributed by atoms with Crippen molar-refractivity contribution in [3.63, 3.8) is 0 Å². The van der Waals surface area contributed by atoms with Gasteiger partial charge >= 0.3 is 0 Å². The lowest BCUT2D eigenvalue weighted by molar-refractivity contribution is 0.0992. The molecule has 2 nitrogen and oxygen atoms in total. The molecule has 2 aromatic rings. The van der Waals surface area contributed by atoms with E-state index >= 15 is 0 Å². The first-order chi connectivity index (χ1) is 7.25. The van der Waals surface area contributed by atoms with E-state index in [4.69, 9.17) is 0 Å². The van der Waals surface area contributed by atoms with E-state index in [2.05, 4.69) is 20.9 Å². The van der Waals surface area contributed by atoms with Crippen LogP contribution in [0.2, 0.25) is 0 Å². The van der Waals surface area contributed by atoms with Crippen LogP contribution >= 0.6 is 27.3 Å². The Labute approximate surface area is 100 Å². The molecule has 0 aliphatic heterocycles. The minimum atomic E-state index is 0.117. The fraction of sp³-hybridized carbons (Fsp3) is 0.0909. The highest BCUT2D eigenvalue weighted by atomic mass is 79.9. The number of thiophene rings is 1. The standard InChI is InChI=1S/C11H8BrNOS/c12-9-1-2-10(13-6-9)5-11(14)8-3-4-15-7-8/h1-4,6-7H,5H2. The number of rotatable bonds is 3. The molecular formula is C11H8BrNOS. The largest absolute Gasteiger partial charge is 0.294 e. The summed E-state index contributed by atoms with van der Waals surface area (Å²) in [5.74, 6) is 0.117. The summed E-state index contributed by atoms with van der Waals surface area (Å²) >= 11 is 4.84. The zero-order valence-corrected chi connectivity index (χ0v) is 10.2. The molecule has 4 heteroatoms. The quantitative estimate of drug-likeness (QED) is 0.808. The summed E-state index contributed by atoms with van der Waals surface area (Å²) in [4.78, 5) is 15.9. The van der Waals surface area contributed by atoms with Crippen molar-refractivity contribution in [1.82, 2.24) is 4.98 Å². The molecule has 0 aliphatic rings. The molecule has 0 spiro atoms. The second kappa shape index (κ2) is 4.68. The molecule has 2 rings (SSSR count). The van der Waals surface area contributed by atoms with Crippen molar-refractivity contribution in [3.8, 4) is 0 Å². The van der Waals surface area contributed by atoms with E-state index in [0.29, 0.717) is 6.42 Å². The predicted molar refractivity (Wildman–Crippen MR) is 64.3 cm³/mol. The Kier molecular flexibility index (Phi) is 3.28. The summed E-state index contributed by atoms with van der Waals surface area (Å²) in [6.45, 7) is 0. The Morgan fingerprint density at radius 3 is 2.87 bits per heavy atom. The van der Waals surface area contributed by atoms with Crippen LogP contribution in [-0.2, 0) is 6.42 Å². The number of halogens is 1. The van der Waals surface area contributed by atoms with Gasteiger partial charge < -0.3 is 0 Å². The smallest absolute Gasteiger partial charge is 0.169 e. The number of ketones is 1. The lowest BCUT2D eigenvalue weighted by atomic mass is 10.1. The Morgan fingerprint density at radius 1 is 1.40 bits per heavy atom. The van der Waals surface area contributed by atoms with Crippen molar-refractivity contribution in [3.05, 3.63) is 50.9 Å². The summed E-state index contributed by atoms with van der Waals surface area (Å²) in [5, 5.41) is 3.77. The monoisotopic (exact) mass is 281 g/mol. The van der Waals surface area contributed by atoms with Gasteiger partial charge in [-0.25, -0.2) is 0 Å². The number of pyridine rings is 1. The second-order valence-corrected chi connectivity index (χ2v) is 4.78. The van der Waals surface area contributed by atoms with Gasteiger partial charge in [0.1, 0.15) is 0 Å². The van der Waals surface area contributed by atoms with Crippen LogP contribution in [0.3, 0.4) is 0 Å². The van der Waals surface area contributed by atoms with Crippen LogP contribution in [0.15, 0.2) is 39.6 Å². The highest BCUT2D eigenvalue weighted by molar-refractivity contribution is 9.10. The third-order valence-electron chi connectivity index (χ3n) is 1.97. The number of aromatic nitrogens is 1. The van der Waals surface area contributed by atoms with Crippen molar-refractivity contribution >= 4 is 33.0 Å². The number of nitrogens with zero attached hydrogens (tertiary/aromatic N) is 1. The number of carbonyl (C=O) groups is 1. The number of hydrogen-bond donors (Lipinski definition) is 0. The lowest BCUT2D eigenvalue weighted by Crippen LogP contribution is -2.03. The molecule has 0 saturated carbocycles. The van der Waals surface area contributed by atoms with Gasteiger partial charge in [-0.3, -0.25) is 9.78 Å². The Morgan fingerprint density at radius 2 is 2.27 bits per heavy atom. The fourth-order valence-electron chi connectivity index (χ4n) is 1.20. The molecule has 0 saturated heterocycles. The molecule has 0 unspecified atom stereocenters. The predicted octanol–water partition coefficient (Wildman–Crippen LogP) is 3.33. The fourth-order valence-corrected chi connectivity index (χ4v) is 2.10. The van der Waals surface area contributed by atoms with Crippen LogP contribution < -0.4 is 0 Å². The van der Waals surface area contributed by atoms with Crippen LogP contribution in [0.25, 0.3) is 0 Å². The molecule has 0 radical (unpaired) electrons. The molecule has 2 aromatic heterocycles. The van der Waals surface area contributed by atoms with E-state index in [1.807, 2.05) is 29.0 Å². The highest BCUT2D eigenvalue weighted by Crippen LogP contribution is 2.12. The van der Waals surface area contributed by atoms with Gasteiger partial charge in [0.25, 0.3) is 0 Å². The third-order valence-corrected chi connectivity index (χ3v) is 3.13. The molecule has 0 fully saturated rings. The van der Waals surface area contributed by atoms with Crippen LogP contribution in [-0.4, -0.2) is 10.8 Å². The van der Waals surface area contributed by atoms with Crippen molar-refractivity contribution in [1.29, 1.82) is 0 Å². The first kappa shape index (κ1) is 10.5. The molecule has 76 valence electrons. The van der Waals surface area contributed by atoms with Crippen molar-refractivity contribution in [2.45, 2.75) is 6.42 Å². The lowest BCUT2D eigenvalue weighted by Gasteiger charge is -1.98. The van der Waals surface area contributed by atoms with Crippen LogP contribution in [0.5, 0.6) is 0 Å². The second-order valence-electron chi connectivity index (χ2n) is 3.08. The molecule has 0 bridgehead atoms. The summed E-state index contributed by atoms with van der Waals surface area (Å²) in [5.41, 5.74) is 1.57. The number of carbonyl (C=O) groups excluding carboxylic acids is 1. The van der Waals surface area contributed by atoms with E-state index in [0.717, 1.165) is 15.7 Å². The first-order valence-corrected chi connectivity index (χ1v) is 6.15. The maximum Gasteiger partial charge on any atom is 0.169 e. The van der Waals surface area contributed by atoms with Crippen LogP contribution in [0, 0.1) is 0 Å². The topological polar surface area (TPSA) is 30.0 Å². The van der Waals surface area contributed by atoms with E-state index in [-0.39, 0.29) is 5.78 Å². The van der Waals surface area contributed by atoms with E-state index in [1.165, 1.54) is 11.3 Å². The average molecular weight is 282 g/mol. The summed E-state index contributed by atoms with van der Waals surface area (Å²) in [6, 6.07) is 5.59. The normalized spacial score (nSPS) is 10.2. The molecule has 0 atom stereocenters. The molecule has 15 heavy (non-hydrogen) atoms. The van der Waals surface area contributed by atoms with E-state index < -0.39 is 0 Å². The summed E-state index contributed by atoms with van der Waals surface area (Å²) in [7, 11) is 0. The van der Waals surface area contributed by atoms with Crippen molar-refractivity contribution in [2.24, 2.45) is 0 Å². The maximum absolute atomic E-state index is 11.7. The molecule has 2 heterocycles. The maximum atomic E-state index is 11.7. The van der Waals surface area contributed by atoms with Gasteiger partial charge in [-0.05, 0) is 39.5 Å². The zero-order valence-electron chi connectivity index (χ0n) is 7.81. The SMILES string of the molecule is O=C(Cc1ccc(Br)cn1)c1ccsc1. The van der Waals surface area contributed by atoms with Crippen molar-refractivity contribution in [2.75, 3.05) is 0 Å². The summed E-state index contributed by atoms with van der Waals surface area (Å²) in [6.07, 6.45) is 2.07. The molecular weight excluding hydrogens is 274 g/mol. The Hall–Kier alpha value is -1.00. The summed E-state index contributed by atoms with van der Waals surface area (Å²) < 4.78 is 0.925. The van der Waals surface area contributed by atoms with Crippen molar-refractivity contribution < 1.29 is 4.79 Å². The van der Waals surface area contributed by atoms with E-state index in [9.17, 15) is 4.79 Å². The number of hydrogen-bond acceptors (Lipinski definition) is 3. The third kappa shape index (κ3) is 2.73. The van der Waals surface area contributed by atoms with E-state index in [1.54, 1.807) is 6.20 Å². The number of Topliss-reactive ketones (excluding diaryl/α,β-unsaturated/α-hetero) is 1. The van der Waals surface area contributed by atoms with Gasteiger partial charge in [-0.1, -0.05) is 0 Å². The van der Waals surface area contributed by atoms with Gasteiger partial charge in [0.15, 0.2) is 5.78 Å². The molecule has 0 amide bonds. The first-order valence-electron chi connectivity index (χ1n) is 4.41. The highest BCUT2D eigenvalue weighted by Gasteiger charge is 2.07. The van der Waals surface area contributed by atoms with Crippen LogP contribution in [0.4, 0.5) is 0 Å². The van der Waals surface area contributed by atoms with Gasteiger partial charge in [0.2, 0.25) is 0 Å². The van der Waals surface area contributed by atoms with Crippen LogP contribution in [0.1, 0.15) is 16.1 Å². The van der Waals surface area contributed by atoms with Gasteiger partial charge in [0.05, 0.1) is 6.42 Å². The molecule has 0 N–H and O–H groups in total. The zero-order chi connectivity index (χ0) is 10.7. The Bertz CT molecular complexity index is 450. The average Bonchev–Trinajstić information content (AvgIpc) is 2.74.